The molecule has 0 radical (unpaired) electrons. The van der Waals surface area contributed by atoms with Crippen LogP contribution in [0.2, 0.25) is 0 Å². The number of carbonyl (C=O) groups is 1. The average molecular weight is 824 g/mol. The molecule has 2 aliphatic heterocycles. The van der Waals surface area contributed by atoms with E-state index in [4.69, 9.17) is 29.8 Å². The summed E-state index contributed by atoms with van der Waals surface area (Å²) < 4.78 is 23.2. The number of carbonyl (C=O) groups excluding carboxylic acids is 1. The average Bonchev–Trinajstić information content (AvgIpc) is 3.17. The van der Waals surface area contributed by atoms with Gasteiger partial charge in [0.25, 0.3) is 0 Å². The standard InChI is InChI=1S/C42H69N3O13/c1-26(37(50)28(3)29(4)55-6)19-17-15-13-11-9-7-8-10-12-14-16-18-20-32(57-40-39(52)35(43)38(51)30(5)56-40)21-34-36(45-41(53)44-24-31(48)25-46)33(49)23-42(54,58-34)22-27(2)47/h7-20,26-40,46-52,54H,21-25,43H2,1-6H3,(H2,44,45,53)/b8-7+,11-9+,12-10+,15-13+,16-14+,19-17+,20-18+/t26-,27-,28-,29-,30+,31-,32-,33-,34-,35-,36+,37+,38+,39-,40-,42+/m0/s1. The number of aliphatic hydroxyl groups excluding tert-OH is 7. The van der Waals surface area contributed by atoms with E-state index in [0.717, 1.165) is 0 Å². The Kier molecular flexibility index (Phi) is 23.1. The second kappa shape index (κ2) is 26.2. The van der Waals surface area contributed by atoms with Crippen molar-refractivity contribution in [1.29, 1.82) is 0 Å². The lowest BCUT2D eigenvalue weighted by Gasteiger charge is -2.46. The molecule has 2 amide bonds. The van der Waals surface area contributed by atoms with Crippen molar-refractivity contribution in [3.05, 3.63) is 85.1 Å². The van der Waals surface area contributed by atoms with Crippen molar-refractivity contribution in [2.45, 2.75) is 139 Å². The summed E-state index contributed by atoms with van der Waals surface area (Å²) in [7, 11) is 1.64. The Balaban J connectivity index is 2.17. The molecule has 2 saturated heterocycles. The van der Waals surface area contributed by atoms with Crippen molar-refractivity contribution < 1.29 is 64.6 Å². The molecular formula is C42H69N3O13. The van der Waals surface area contributed by atoms with Crippen LogP contribution in [0.15, 0.2) is 85.1 Å². The highest BCUT2D eigenvalue weighted by atomic mass is 16.7. The number of allylic oxidation sites excluding steroid dienone is 12. The highest BCUT2D eigenvalue weighted by Gasteiger charge is 2.48. The molecule has 16 atom stereocenters. The van der Waals surface area contributed by atoms with Gasteiger partial charge in [0, 0.05) is 44.8 Å². The van der Waals surface area contributed by atoms with Crippen LogP contribution in [-0.2, 0) is 18.9 Å². The number of urea groups is 1. The van der Waals surface area contributed by atoms with Crippen LogP contribution in [0.25, 0.3) is 0 Å². The van der Waals surface area contributed by atoms with Crippen LogP contribution in [0.1, 0.15) is 53.9 Å². The molecule has 2 heterocycles. The number of nitrogens with two attached hydrogens (primary N) is 1. The zero-order chi connectivity index (χ0) is 43.4. The summed E-state index contributed by atoms with van der Waals surface area (Å²) in [5.74, 6) is -1.99. The Labute approximate surface area is 342 Å². The van der Waals surface area contributed by atoms with Gasteiger partial charge < -0.3 is 76.2 Å². The third-order valence-electron chi connectivity index (χ3n) is 10.2. The number of rotatable bonds is 22. The number of hydrogen-bond acceptors (Lipinski definition) is 14. The zero-order valence-corrected chi connectivity index (χ0v) is 34.5. The topological polar surface area (TPSA) is 266 Å². The maximum Gasteiger partial charge on any atom is 0.315 e. The summed E-state index contributed by atoms with van der Waals surface area (Å²) >= 11 is 0. The number of hydrogen-bond donors (Lipinski definition) is 11. The molecule has 16 heteroatoms. The predicted octanol–water partition coefficient (Wildman–Crippen LogP) is 0.747. The quantitative estimate of drug-likeness (QED) is 0.0674. The molecule has 2 aliphatic rings. The molecular weight excluding hydrogens is 754 g/mol. The Hall–Kier alpha value is -3.07. The highest BCUT2D eigenvalue weighted by molar-refractivity contribution is 5.74. The zero-order valence-electron chi connectivity index (χ0n) is 34.5. The molecule has 16 nitrogen and oxygen atoms in total. The van der Waals surface area contributed by atoms with Gasteiger partial charge in [0.1, 0.15) is 6.10 Å². The van der Waals surface area contributed by atoms with Crippen LogP contribution >= 0.6 is 0 Å². The lowest BCUT2D eigenvalue weighted by Crippen LogP contribution is -2.64. The van der Waals surface area contributed by atoms with E-state index in [9.17, 15) is 40.5 Å². The minimum Gasteiger partial charge on any atom is -0.394 e. The van der Waals surface area contributed by atoms with Crippen LogP contribution in [0.4, 0.5) is 4.79 Å². The summed E-state index contributed by atoms with van der Waals surface area (Å²) in [5, 5.41) is 87.8. The fraction of sp³-hybridized carbons (Fsp3) is 0.643. The monoisotopic (exact) mass is 823 g/mol. The molecule has 2 rings (SSSR count). The van der Waals surface area contributed by atoms with Gasteiger partial charge in [-0.1, -0.05) is 98.9 Å². The van der Waals surface area contributed by atoms with Crippen LogP contribution in [-0.4, -0.2) is 152 Å². The number of methoxy groups -OCH3 is 1. The summed E-state index contributed by atoms with van der Waals surface area (Å²) in [5.41, 5.74) is 6.04. The van der Waals surface area contributed by atoms with Gasteiger partial charge in [-0.25, -0.2) is 4.79 Å². The third kappa shape index (κ3) is 17.6. The van der Waals surface area contributed by atoms with Gasteiger partial charge in [0.15, 0.2) is 12.1 Å². The van der Waals surface area contributed by atoms with E-state index in [1.165, 1.54) is 6.92 Å². The second-order valence-electron chi connectivity index (χ2n) is 15.2. The molecule has 58 heavy (non-hydrogen) atoms. The van der Waals surface area contributed by atoms with Gasteiger partial charge in [-0.15, -0.1) is 0 Å². The molecule has 0 aromatic rings. The first-order chi connectivity index (χ1) is 27.4. The summed E-state index contributed by atoms with van der Waals surface area (Å²) in [6, 6.07) is -2.98. The van der Waals surface area contributed by atoms with E-state index in [1.807, 2.05) is 75.5 Å². The Morgan fingerprint density at radius 1 is 0.897 bits per heavy atom. The molecule has 2 fully saturated rings. The first kappa shape index (κ1) is 51.1. The smallest absolute Gasteiger partial charge is 0.315 e. The van der Waals surface area contributed by atoms with E-state index in [2.05, 4.69) is 10.6 Å². The van der Waals surface area contributed by atoms with Crippen LogP contribution in [0.5, 0.6) is 0 Å². The summed E-state index contributed by atoms with van der Waals surface area (Å²) in [6.07, 6.45) is 13.9. The maximum absolute atomic E-state index is 12.7. The molecule has 0 saturated carbocycles. The van der Waals surface area contributed by atoms with Crippen LogP contribution < -0.4 is 16.4 Å². The Bertz CT molecular complexity index is 1400. The van der Waals surface area contributed by atoms with E-state index in [1.54, 1.807) is 44.4 Å². The molecule has 0 aromatic heterocycles. The summed E-state index contributed by atoms with van der Waals surface area (Å²) in [6.45, 7) is 8.05. The van der Waals surface area contributed by atoms with Crippen molar-refractivity contribution in [2.24, 2.45) is 17.6 Å². The molecule has 0 bridgehead atoms. The van der Waals surface area contributed by atoms with Crippen LogP contribution in [0.3, 0.4) is 0 Å². The van der Waals surface area contributed by atoms with E-state index in [-0.39, 0.29) is 43.7 Å². The minimum atomic E-state index is -1.97. The van der Waals surface area contributed by atoms with E-state index < -0.39 is 91.7 Å². The number of ether oxygens (including phenoxy) is 4. The first-order valence-corrected chi connectivity index (χ1v) is 19.8. The number of nitrogens with one attached hydrogen (secondary N) is 2. The molecule has 12 N–H and O–H groups in total. The van der Waals surface area contributed by atoms with Gasteiger partial charge >= 0.3 is 6.03 Å². The molecule has 0 aliphatic carbocycles. The Morgan fingerprint density at radius 2 is 1.45 bits per heavy atom. The van der Waals surface area contributed by atoms with Gasteiger partial charge in [0.2, 0.25) is 0 Å². The van der Waals surface area contributed by atoms with Crippen molar-refractivity contribution in [2.75, 3.05) is 20.3 Å². The van der Waals surface area contributed by atoms with Crippen molar-refractivity contribution in [3.8, 4) is 0 Å². The fourth-order valence-electron chi connectivity index (χ4n) is 6.48. The molecule has 0 aromatic carbocycles. The minimum absolute atomic E-state index is 0.00415. The normalized spacial score (nSPS) is 32.5. The lowest BCUT2D eigenvalue weighted by molar-refractivity contribution is -0.302. The van der Waals surface area contributed by atoms with E-state index in [0.29, 0.717) is 0 Å². The Morgan fingerprint density at radius 3 is 1.98 bits per heavy atom. The largest absolute Gasteiger partial charge is 0.394 e. The van der Waals surface area contributed by atoms with Gasteiger partial charge in [-0.2, -0.15) is 0 Å². The lowest BCUT2D eigenvalue weighted by atomic mass is 9.88. The molecule has 0 unspecified atom stereocenters. The summed E-state index contributed by atoms with van der Waals surface area (Å²) in [4.78, 5) is 12.7. The highest BCUT2D eigenvalue weighted by Crippen LogP contribution is 2.34. The van der Waals surface area contributed by atoms with Gasteiger partial charge in [-0.3, -0.25) is 0 Å². The number of amides is 2. The van der Waals surface area contributed by atoms with Gasteiger partial charge in [-0.05, 0) is 20.8 Å². The first-order valence-electron chi connectivity index (χ1n) is 19.8. The third-order valence-corrected chi connectivity index (χ3v) is 10.2. The fourth-order valence-corrected chi connectivity index (χ4v) is 6.48. The SMILES string of the molecule is CO[C@@H](C)[C@H](C)[C@H](O)[C@@H](C)/C=C/C=C/C=C/C=C/C=C/C=C/C=C/[C@@H](C[C@@H]1O[C@](O)(C[C@H](C)O)C[C@H](O)[C@H]1NC(=O)NC[C@H](O)CO)O[C@@H]1O[C@H](C)[C@@H](O)[C@H](N)[C@@H]1O. The van der Waals surface area contributed by atoms with Crippen LogP contribution in [0, 0.1) is 11.8 Å². The van der Waals surface area contributed by atoms with Gasteiger partial charge in [0.05, 0.1) is 73.6 Å². The van der Waals surface area contributed by atoms with Crippen molar-refractivity contribution in [3.63, 3.8) is 0 Å². The van der Waals surface area contributed by atoms with Crippen molar-refractivity contribution >= 4 is 6.03 Å². The van der Waals surface area contributed by atoms with E-state index >= 15 is 0 Å². The second-order valence-corrected chi connectivity index (χ2v) is 15.2. The number of aliphatic hydroxyl groups is 8. The predicted molar refractivity (Wildman–Crippen MR) is 219 cm³/mol. The maximum atomic E-state index is 12.7. The van der Waals surface area contributed by atoms with Crippen molar-refractivity contribution in [1.82, 2.24) is 10.6 Å². The molecule has 0 spiro atoms. The molecule has 330 valence electrons.